The summed E-state index contributed by atoms with van der Waals surface area (Å²) in [6, 6.07) is 5.18. The van der Waals surface area contributed by atoms with E-state index in [0.717, 1.165) is 31.6 Å². The van der Waals surface area contributed by atoms with E-state index in [0.29, 0.717) is 31.9 Å². The molecule has 6 heteroatoms. The Bertz CT molecular complexity index is 575. The minimum absolute atomic E-state index is 0.0547. The molecule has 0 radical (unpaired) electrons. The van der Waals surface area contributed by atoms with Gasteiger partial charge in [-0.3, -0.25) is 9.69 Å². The highest BCUT2D eigenvalue weighted by Gasteiger charge is 2.34. The second-order valence-corrected chi connectivity index (χ2v) is 6.52. The summed E-state index contributed by atoms with van der Waals surface area (Å²) in [5.41, 5.74) is 1.38. The van der Waals surface area contributed by atoms with Crippen LogP contribution in [0.2, 0.25) is 0 Å². The van der Waals surface area contributed by atoms with Crippen molar-refractivity contribution >= 4 is 5.91 Å². The summed E-state index contributed by atoms with van der Waals surface area (Å²) >= 11 is 0. The zero-order valence-electron chi connectivity index (χ0n) is 14.1. The van der Waals surface area contributed by atoms with Gasteiger partial charge in [0.15, 0.2) is 0 Å². The molecule has 2 unspecified atom stereocenters. The monoisotopic (exact) mass is 336 g/mol. The molecule has 2 aliphatic heterocycles. The van der Waals surface area contributed by atoms with Crippen molar-refractivity contribution < 1.29 is 18.7 Å². The Morgan fingerprint density at radius 2 is 2.29 bits per heavy atom. The van der Waals surface area contributed by atoms with E-state index in [1.54, 1.807) is 13.0 Å². The molecular formula is C18H25FN2O3. The molecule has 2 fully saturated rings. The summed E-state index contributed by atoms with van der Waals surface area (Å²) in [5, 5.41) is 2.88. The topological polar surface area (TPSA) is 50.8 Å². The van der Waals surface area contributed by atoms with Gasteiger partial charge in [0, 0.05) is 19.7 Å². The molecule has 5 nitrogen and oxygen atoms in total. The molecule has 2 saturated heterocycles. The maximum atomic E-state index is 13.6. The van der Waals surface area contributed by atoms with Crippen LogP contribution in [-0.2, 0) is 20.8 Å². The number of hydrogen-bond donors (Lipinski definition) is 1. The van der Waals surface area contributed by atoms with Crippen LogP contribution in [0.1, 0.15) is 24.0 Å². The smallest absolute Gasteiger partial charge is 0.234 e. The maximum absolute atomic E-state index is 13.6. The van der Waals surface area contributed by atoms with Crippen LogP contribution in [0.5, 0.6) is 0 Å². The van der Waals surface area contributed by atoms with Crippen LogP contribution in [0.15, 0.2) is 18.2 Å². The van der Waals surface area contributed by atoms with Crippen molar-refractivity contribution in [1.29, 1.82) is 0 Å². The average Bonchev–Trinajstić information content (AvgIpc) is 3.11. The van der Waals surface area contributed by atoms with E-state index in [-0.39, 0.29) is 23.9 Å². The number of ether oxygens (including phenoxy) is 2. The lowest BCUT2D eigenvalue weighted by Gasteiger charge is -2.37. The van der Waals surface area contributed by atoms with Crippen molar-refractivity contribution in [1.82, 2.24) is 10.2 Å². The lowest BCUT2D eigenvalue weighted by molar-refractivity contribution is -0.127. The summed E-state index contributed by atoms with van der Waals surface area (Å²) in [6.45, 7) is 5.16. The number of amides is 1. The number of carbonyl (C=O) groups excluding carboxylic acids is 1. The Balaban J connectivity index is 1.51. The molecule has 3 rings (SSSR count). The zero-order chi connectivity index (χ0) is 16.9. The van der Waals surface area contributed by atoms with Gasteiger partial charge in [-0.25, -0.2) is 4.39 Å². The van der Waals surface area contributed by atoms with Gasteiger partial charge in [-0.05, 0) is 37.0 Å². The van der Waals surface area contributed by atoms with Crippen molar-refractivity contribution in [2.75, 3.05) is 32.9 Å². The van der Waals surface area contributed by atoms with E-state index >= 15 is 0 Å². The molecule has 0 aliphatic carbocycles. The summed E-state index contributed by atoms with van der Waals surface area (Å²) in [7, 11) is 0. The number of nitrogens with zero attached hydrogens (tertiary/aromatic N) is 1. The molecule has 2 aliphatic rings. The lowest BCUT2D eigenvalue weighted by Crippen LogP contribution is -2.54. The van der Waals surface area contributed by atoms with Gasteiger partial charge < -0.3 is 14.8 Å². The zero-order valence-corrected chi connectivity index (χ0v) is 14.1. The van der Waals surface area contributed by atoms with Crippen LogP contribution in [0.4, 0.5) is 4.39 Å². The van der Waals surface area contributed by atoms with E-state index in [1.165, 1.54) is 6.07 Å². The number of benzene rings is 1. The first-order valence-electron chi connectivity index (χ1n) is 8.58. The number of halogens is 1. The van der Waals surface area contributed by atoms with Crippen molar-refractivity contribution in [2.45, 2.75) is 38.5 Å². The quantitative estimate of drug-likeness (QED) is 0.888. The number of morpholine rings is 1. The van der Waals surface area contributed by atoms with Crippen molar-refractivity contribution in [2.24, 2.45) is 0 Å². The van der Waals surface area contributed by atoms with Crippen LogP contribution in [-0.4, -0.2) is 55.9 Å². The summed E-state index contributed by atoms with van der Waals surface area (Å²) in [4.78, 5) is 14.4. The molecule has 0 saturated carbocycles. The molecule has 2 heterocycles. The Morgan fingerprint density at radius 1 is 1.42 bits per heavy atom. The number of nitrogens with one attached hydrogen (secondary N) is 1. The van der Waals surface area contributed by atoms with E-state index < -0.39 is 0 Å². The fourth-order valence-corrected chi connectivity index (χ4v) is 3.29. The Kier molecular flexibility index (Phi) is 5.81. The predicted octanol–water partition coefficient (Wildman–Crippen LogP) is 1.63. The standard InChI is InChI=1S/C18H25FN2O3/c1-13-4-5-14(9-15(13)19)10-20-18(22)11-21-6-8-23-12-16(21)17-3-2-7-24-17/h4-5,9,16-17H,2-3,6-8,10-12H2,1H3,(H,20,22). The van der Waals surface area contributed by atoms with Gasteiger partial charge in [0.05, 0.1) is 31.9 Å². The third-order valence-electron chi connectivity index (χ3n) is 4.75. The molecule has 0 bridgehead atoms. The largest absolute Gasteiger partial charge is 0.378 e. The summed E-state index contributed by atoms with van der Waals surface area (Å²) in [6.07, 6.45) is 2.25. The van der Waals surface area contributed by atoms with Gasteiger partial charge in [-0.2, -0.15) is 0 Å². The first-order valence-corrected chi connectivity index (χ1v) is 8.58. The van der Waals surface area contributed by atoms with E-state index in [9.17, 15) is 9.18 Å². The second kappa shape index (κ2) is 8.05. The highest BCUT2D eigenvalue weighted by Crippen LogP contribution is 2.22. The Labute approximate surface area is 142 Å². The van der Waals surface area contributed by atoms with Gasteiger partial charge in [0.25, 0.3) is 0 Å². The van der Waals surface area contributed by atoms with Crippen molar-refractivity contribution in [3.05, 3.63) is 35.1 Å². The number of carbonyl (C=O) groups is 1. The molecule has 1 aromatic carbocycles. The third kappa shape index (κ3) is 4.32. The molecule has 24 heavy (non-hydrogen) atoms. The summed E-state index contributed by atoms with van der Waals surface area (Å²) < 4.78 is 24.9. The lowest BCUT2D eigenvalue weighted by atomic mass is 10.1. The van der Waals surface area contributed by atoms with Crippen molar-refractivity contribution in [3.8, 4) is 0 Å². The van der Waals surface area contributed by atoms with Crippen LogP contribution in [0.3, 0.4) is 0 Å². The van der Waals surface area contributed by atoms with Gasteiger partial charge in [-0.1, -0.05) is 12.1 Å². The molecule has 0 aromatic heterocycles. The normalized spacial score (nSPS) is 24.9. The molecular weight excluding hydrogens is 311 g/mol. The van der Waals surface area contributed by atoms with E-state index in [4.69, 9.17) is 9.47 Å². The van der Waals surface area contributed by atoms with E-state index in [1.807, 2.05) is 6.07 Å². The molecule has 1 aromatic rings. The Morgan fingerprint density at radius 3 is 3.04 bits per heavy atom. The molecule has 132 valence electrons. The SMILES string of the molecule is Cc1ccc(CNC(=O)CN2CCOCC2C2CCCO2)cc1F. The minimum atomic E-state index is -0.242. The molecule has 1 N–H and O–H groups in total. The average molecular weight is 336 g/mol. The summed E-state index contributed by atoms with van der Waals surface area (Å²) in [5.74, 6) is -0.297. The number of aryl methyl sites for hydroxylation is 1. The first-order chi connectivity index (χ1) is 11.6. The van der Waals surface area contributed by atoms with Gasteiger partial charge in [0.1, 0.15) is 5.82 Å². The minimum Gasteiger partial charge on any atom is -0.378 e. The van der Waals surface area contributed by atoms with Crippen LogP contribution in [0.25, 0.3) is 0 Å². The van der Waals surface area contributed by atoms with E-state index in [2.05, 4.69) is 10.2 Å². The van der Waals surface area contributed by atoms with Gasteiger partial charge >= 0.3 is 0 Å². The van der Waals surface area contributed by atoms with Crippen LogP contribution >= 0.6 is 0 Å². The maximum Gasteiger partial charge on any atom is 0.234 e. The highest BCUT2D eigenvalue weighted by molar-refractivity contribution is 5.78. The van der Waals surface area contributed by atoms with Gasteiger partial charge in [-0.15, -0.1) is 0 Å². The molecule has 1 amide bonds. The first kappa shape index (κ1) is 17.3. The van der Waals surface area contributed by atoms with Crippen molar-refractivity contribution in [3.63, 3.8) is 0 Å². The molecule has 0 spiro atoms. The fraction of sp³-hybridized carbons (Fsp3) is 0.611. The number of hydrogen-bond acceptors (Lipinski definition) is 4. The van der Waals surface area contributed by atoms with Crippen LogP contribution in [0, 0.1) is 12.7 Å². The third-order valence-corrected chi connectivity index (χ3v) is 4.75. The highest BCUT2D eigenvalue weighted by atomic mass is 19.1. The number of rotatable bonds is 5. The second-order valence-electron chi connectivity index (χ2n) is 6.52. The predicted molar refractivity (Wildman–Crippen MR) is 88.1 cm³/mol. The van der Waals surface area contributed by atoms with Crippen LogP contribution < -0.4 is 5.32 Å². The molecule has 2 atom stereocenters. The fourth-order valence-electron chi connectivity index (χ4n) is 3.29. The Hall–Kier alpha value is -1.50. The van der Waals surface area contributed by atoms with Gasteiger partial charge in [0.2, 0.25) is 5.91 Å².